The number of nitrogens with zero attached hydrogens (tertiary/aromatic N) is 2. The van der Waals surface area contributed by atoms with Gasteiger partial charge in [-0.1, -0.05) is 32.8 Å². The summed E-state index contributed by atoms with van der Waals surface area (Å²) in [5.41, 5.74) is 1.49. The lowest BCUT2D eigenvalue weighted by atomic mass is 9.93. The number of nitriles is 1. The van der Waals surface area contributed by atoms with Crippen LogP contribution in [0.4, 0.5) is 0 Å². The molecular weight excluding hydrogens is 368 g/mol. The van der Waals surface area contributed by atoms with Gasteiger partial charge in [0.1, 0.15) is 11.6 Å². The van der Waals surface area contributed by atoms with Crippen LogP contribution in [0.3, 0.4) is 0 Å². The molecule has 6 nitrogen and oxygen atoms in total. The van der Waals surface area contributed by atoms with Crippen LogP contribution in [-0.2, 0) is 9.59 Å². The average Bonchev–Trinajstić information content (AvgIpc) is 2.72. The van der Waals surface area contributed by atoms with Crippen molar-refractivity contribution in [3.05, 3.63) is 40.5 Å². The van der Waals surface area contributed by atoms with Gasteiger partial charge in [0, 0.05) is 12.1 Å². The Morgan fingerprint density at radius 1 is 1.10 bits per heavy atom. The Morgan fingerprint density at radius 2 is 1.83 bits per heavy atom. The van der Waals surface area contributed by atoms with Crippen molar-refractivity contribution in [1.29, 1.82) is 5.26 Å². The highest BCUT2D eigenvalue weighted by Crippen LogP contribution is 2.32. The second kappa shape index (κ2) is 10.5. The maximum Gasteiger partial charge on any atom is 0.271 e. The summed E-state index contributed by atoms with van der Waals surface area (Å²) in [6, 6.07) is 7.38. The lowest BCUT2D eigenvalue weighted by Crippen LogP contribution is -2.43. The number of rotatable bonds is 9. The number of unbranched alkanes of at least 4 members (excludes halogenated alkanes) is 2. The highest BCUT2D eigenvalue weighted by atomic mass is 16.5. The van der Waals surface area contributed by atoms with Crippen molar-refractivity contribution in [3.8, 4) is 17.6 Å². The lowest BCUT2D eigenvalue weighted by Gasteiger charge is -2.27. The summed E-state index contributed by atoms with van der Waals surface area (Å²) in [5.74, 6) is 0.322. The minimum absolute atomic E-state index is 0.0124. The fourth-order valence-corrected chi connectivity index (χ4v) is 3.04. The molecule has 0 N–H and O–H groups in total. The first-order chi connectivity index (χ1) is 14.0. The summed E-state index contributed by atoms with van der Waals surface area (Å²) in [6.07, 6.45) is 5.22. The van der Waals surface area contributed by atoms with E-state index in [1.54, 1.807) is 32.2 Å². The van der Waals surface area contributed by atoms with Gasteiger partial charge in [-0.15, -0.1) is 0 Å². The molecule has 6 heteroatoms. The molecule has 0 saturated carbocycles. The second-order valence-corrected chi connectivity index (χ2v) is 6.90. The topological polar surface area (TPSA) is 79.6 Å². The van der Waals surface area contributed by atoms with E-state index in [9.17, 15) is 14.9 Å². The zero-order valence-corrected chi connectivity index (χ0v) is 17.6. The Hall–Kier alpha value is -3.07. The van der Waals surface area contributed by atoms with Crippen LogP contribution in [0.25, 0.3) is 6.08 Å². The number of benzene rings is 1. The van der Waals surface area contributed by atoms with Crippen LogP contribution in [0.15, 0.2) is 34.9 Å². The van der Waals surface area contributed by atoms with Crippen LogP contribution in [0.5, 0.6) is 11.5 Å². The first-order valence-electron chi connectivity index (χ1n) is 9.98. The van der Waals surface area contributed by atoms with Gasteiger partial charge in [-0.3, -0.25) is 14.5 Å². The monoisotopic (exact) mass is 396 g/mol. The molecule has 0 radical (unpaired) electrons. The van der Waals surface area contributed by atoms with Crippen molar-refractivity contribution in [2.24, 2.45) is 0 Å². The van der Waals surface area contributed by atoms with Crippen LogP contribution in [0, 0.1) is 11.3 Å². The zero-order valence-electron chi connectivity index (χ0n) is 17.6. The second-order valence-electron chi connectivity index (χ2n) is 6.90. The third-order valence-electron chi connectivity index (χ3n) is 4.81. The van der Waals surface area contributed by atoms with Crippen LogP contribution in [0.1, 0.15) is 52.0 Å². The summed E-state index contributed by atoms with van der Waals surface area (Å²) >= 11 is 0. The highest BCUT2D eigenvalue weighted by molar-refractivity contribution is 6.19. The van der Waals surface area contributed by atoms with Crippen LogP contribution < -0.4 is 9.47 Å². The first kappa shape index (κ1) is 22.2. The molecule has 0 unspecified atom stereocenters. The fourth-order valence-electron chi connectivity index (χ4n) is 3.04. The van der Waals surface area contributed by atoms with Gasteiger partial charge in [-0.2, -0.15) is 5.26 Å². The van der Waals surface area contributed by atoms with Gasteiger partial charge >= 0.3 is 0 Å². The molecule has 1 aliphatic heterocycles. The van der Waals surface area contributed by atoms with Crippen molar-refractivity contribution in [2.45, 2.75) is 46.5 Å². The number of carbonyl (C=O) groups excluding carboxylic acids is 2. The Balaban J connectivity index is 2.42. The molecule has 0 aromatic heterocycles. The predicted octanol–water partition coefficient (Wildman–Crippen LogP) is 4.27. The molecule has 0 atom stereocenters. The zero-order chi connectivity index (χ0) is 21.4. The quantitative estimate of drug-likeness (QED) is 0.354. The summed E-state index contributed by atoms with van der Waals surface area (Å²) in [7, 11) is 1.56. The first-order valence-corrected chi connectivity index (χ1v) is 9.98. The predicted molar refractivity (Wildman–Crippen MR) is 111 cm³/mol. The average molecular weight is 396 g/mol. The largest absolute Gasteiger partial charge is 0.493 e. The molecule has 0 aliphatic carbocycles. The smallest absolute Gasteiger partial charge is 0.271 e. The molecule has 0 fully saturated rings. The number of hydrogen-bond acceptors (Lipinski definition) is 5. The molecule has 2 rings (SSSR count). The standard InChI is InChI=1S/C23H28N2O4/c1-5-7-11-25-22(26)18(16(3)19(15-24)23(25)27)13-17-9-10-20(21(14-17)28-4)29-12-8-6-2/h9-10,13-14H,5-8,11-12H2,1-4H3/b18-13+. The third-order valence-corrected chi connectivity index (χ3v) is 4.81. The van der Waals surface area contributed by atoms with Crippen molar-refractivity contribution >= 4 is 17.9 Å². The molecule has 154 valence electrons. The summed E-state index contributed by atoms with van der Waals surface area (Å²) in [6.45, 7) is 6.62. The van der Waals surface area contributed by atoms with E-state index in [0.29, 0.717) is 42.2 Å². The number of imide groups is 1. The van der Waals surface area contributed by atoms with Crippen molar-refractivity contribution in [2.75, 3.05) is 20.3 Å². The molecule has 1 aromatic carbocycles. The molecule has 0 spiro atoms. The lowest BCUT2D eigenvalue weighted by molar-refractivity contribution is -0.140. The molecule has 1 heterocycles. The Kier molecular flexibility index (Phi) is 8.02. The van der Waals surface area contributed by atoms with Crippen molar-refractivity contribution in [1.82, 2.24) is 4.90 Å². The van der Waals surface area contributed by atoms with E-state index in [0.717, 1.165) is 24.8 Å². The highest BCUT2D eigenvalue weighted by Gasteiger charge is 2.34. The van der Waals surface area contributed by atoms with E-state index in [1.807, 2.05) is 19.1 Å². The van der Waals surface area contributed by atoms with Gasteiger partial charge in [-0.25, -0.2) is 0 Å². The molecule has 0 bridgehead atoms. The maximum absolute atomic E-state index is 13.0. The van der Waals surface area contributed by atoms with Gasteiger partial charge in [0.05, 0.1) is 13.7 Å². The minimum Gasteiger partial charge on any atom is -0.493 e. The van der Waals surface area contributed by atoms with E-state index in [1.165, 1.54) is 4.90 Å². The number of hydrogen-bond donors (Lipinski definition) is 0. The normalized spacial score (nSPS) is 15.7. The summed E-state index contributed by atoms with van der Waals surface area (Å²) < 4.78 is 11.2. The molecule has 29 heavy (non-hydrogen) atoms. The maximum atomic E-state index is 13.0. The molecule has 1 aromatic rings. The van der Waals surface area contributed by atoms with E-state index in [2.05, 4.69) is 6.92 Å². The number of ether oxygens (including phenoxy) is 2. The SMILES string of the molecule is CCCCOc1ccc(/C=C2/C(=O)N(CCCC)C(=O)C(C#N)=C2C)cc1OC. The molecule has 0 saturated heterocycles. The van der Waals surface area contributed by atoms with E-state index < -0.39 is 5.91 Å². The van der Waals surface area contributed by atoms with E-state index in [4.69, 9.17) is 9.47 Å². The molecule has 1 aliphatic rings. The minimum atomic E-state index is -0.516. The summed E-state index contributed by atoms with van der Waals surface area (Å²) in [4.78, 5) is 26.6. The van der Waals surface area contributed by atoms with Crippen LogP contribution in [-0.4, -0.2) is 37.0 Å². The Labute approximate surface area is 172 Å². The number of carbonyl (C=O) groups is 2. The van der Waals surface area contributed by atoms with E-state index >= 15 is 0 Å². The van der Waals surface area contributed by atoms with Gasteiger partial charge in [0.2, 0.25) is 0 Å². The third kappa shape index (κ3) is 5.05. The number of methoxy groups -OCH3 is 1. The number of amides is 2. The summed E-state index contributed by atoms with van der Waals surface area (Å²) in [5, 5.41) is 9.44. The van der Waals surface area contributed by atoms with Gasteiger partial charge in [-0.05, 0) is 49.1 Å². The van der Waals surface area contributed by atoms with Gasteiger partial charge in [0.25, 0.3) is 11.8 Å². The molecule has 2 amide bonds. The van der Waals surface area contributed by atoms with Gasteiger partial charge < -0.3 is 9.47 Å². The Bertz CT molecular complexity index is 877. The fraction of sp³-hybridized carbons (Fsp3) is 0.435. The Morgan fingerprint density at radius 3 is 2.45 bits per heavy atom. The van der Waals surface area contributed by atoms with Crippen LogP contribution >= 0.6 is 0 Å². The molecular formula is C23H28N2O4. The van der Waals surface area contributed by atoms with Gasteiger partial charge in [0.15, 0.2) is 11.5 Å². The van der Waals surface area contributed by atoms with Crippen molar-refractivity contribution in [3.63, 3.8) is 0 Å². The van der Waals surface area contributed by atoms with Crippen LogP contribution in [0.2, 0.25) is 0 Å². The van der Waals surface area contributed by atoms with Crippen molar-refractivity contribution < 1.29 is 19.1 Å². The van der Waals surface area contributed by atoms with E-state index in [-0.39, 0.29) is 11.5 Å².